The number of carbonyl (C=O) groups excluding carboxylic acids is 4. The minimum Gasteiger partial charge on any atom is -0.426 e. The minimum atomic E-state index is -0.664. The molecule has 9 heteroatoms. The van der Waals surface area contributed by atoms with E-state index in [2.05, 4.69) is 0 Å². The van der Waals surface area contributed by atoms with Gasteiger partial charge in [0.25, 0.3) is 0 Å². The molecule has 2 heterocycles. The van der Waals surface area contributed by atoms with Crippen LogP contribution in [0.5, 0.6) is 5.75 Å². The Morgan fingerprint density at radius 2 is 1.63 bits per heavy atom. The topological polar surface area (TPSA) is 84.0 Å². The predicted molar refractivity (Wildman–Crippen MR) is 132 cm³/mol. The number of esters is 1. The normalized spacial score (nSPS) is 24.2. The Morgan fingerprint density at radius 3 is 2.29 bits per heavy atom. The van der Waals surface area contributed by atoms with Crippen LogP contribution in [0, 0.1) is 24.7 Å². The molecule has 2 aromatic carbocycles. The molecule has 0 bridgehead atoms. The number of aryl methyl sites for hydroxylation is 1. The number of fused-ring (bicyclic) bond motifs is 1. The van der Waals surface area contributed by atoms with Crippen molar-refractivity contribution >= 4 is 58.3 Å². The van der Waals surface area contributed by atoms with Crippen LogP contribution in [0.1, 0.15) is 37.7 Å². The molecule has 0 N–H and O–H groups in total. The van der Waals surface area contributed by atoms with E-state index in [1.807, 2.05) is 0 Å². The number of imide groups is 1. The summed E-state index contributed by atoms with van der Waals surface area (Å²) in [5, 5.41) is 0.807. The van der Waals surface area contributed by atoms with Gasteiger partial charge in [0, 0.05) is 18.0 Å². The Balaban J connectivity index is 1.29. The summed E-state index contributed by atoms with van der Waals surface area (Å²) in [5.41, 5.74) is 1.64. The van der Waals surface area contributed by atoms with E-state index in [0.29, 0.717) is 32.7 Å². The molecule has 3 aliphatic rings. The summed E-state index contributed by atoms with van der Waals surface area (Å²) in [4.78, 5) is 54.0. The van der Waals surface area contributed by atoms with Crippen molar-refractivity contribution in [2.24, 2.45) is 17.8 Å². The van der Waals surface area contributed by atoms with Gasteiger partial charge >= 0.3 is 5.97 Å². The molecule has 182 valence electrons. The molecule has 3 amide bonds. The third kappa shape index (κ3) is 4.32. The highest BCUT2D eigenvalue weighted by atomic mass is 35.5. The van der Waals surface area contributed by atoms with Gasteiger partial charge in [-0.05, 0) is 61.7 Å². The molecule has 2 aromatic rings. The quantitative estimate of drug-likeness (QED) is 0.327. The maximum absolute atomic E-state index is 12.9. The highest BCUT2D eigenvalue weighted by Gasteiger charge is 2.49. The van der Waals surface area contributed by atoms with E-state index < -0.39 is 11.9 Å². The first-order valence-corrected chi connectivity index (χ1v) is 12.5. The molecule has 0 radical (unpaired) electrons. The standard InChI is InChI=1S/C26H24Cl2N2O5/c1-14-10-17(7-9-21(14)30-24(32)18-4-2-3-5-19(18)25(30)33)35-26(34)15-11-23(31)29(13-15)22-12-16(27)6-8-20(22)28/h6-10,12,15,18-19H,2-5,11,13H2,1H3/t15-,18-,19+/m0/s1. The van der Waals surface area contributed by atoms with Gasteiger partial charge < -0.3 is 9.64 Å². The average molecular weight is 515 g/mol. The highest BCUT2D eigenvalue weighted by Crippen LogP contribution is 2.41. The zero-order valence-electron chi connectivity index (χ0n) is 19.1. The first kappa shape index (κ1) is 23.8. The van der Waals surface area contributed by atoms with Gasteiger partial charge in [0.15, 0.2) is 0 Å². The fraction of sp³-hybridized carbons (Fsp3) is 0.385. The third-order valence-electron chi connectivity index (χ3n) is 7.13. The van der Waals surface area contributed by atoms with Crippen molar-refractivity contribution in [3.63, 3.8) is 0 Å². The fourth-order valence-electron chi connectivity index (χ4n) is 5.33. The molecule has 0 aromatic heterocycles. The van der Waals surface area contributed by atoms with Crippen molar-refractivity contribution < 1.29 is 23.9 Å². The van der Waals surface area contributed by atoms with Crippen molar-refractivity contribution in [1.29, 1.82) is 0 Å². The molecule has 5 rings (SSSR count). The zero-order chi connectivity index (χ0) is 24.9. The SMILES string of the molecule is Cc1cc(OC(=O)[C@H]2CC(=O)N(c3cc(Cl)ccc3Cl)C2)ccc1N1C(=O)[C@H]2CCCC[C@H]2C1=O. The average Bonchev–Trinajstić information content (AvgIpc) is 3.34. The van der Waals surface area contributed by atoms with E-state index in [1.165, 1.54) is 9.80 Å². The van der Waals surface area contributed by atoms with Crippen LogP contribution >= 0.6 is 23.2 Å². The van der Waals surface area contributed by atoms with E-state index >= 15 is 0 Å². The van der Waals surface area contributed by atoms with Gasteiger partial charge in [-0.25, -0.2) is 4.90 Å². The van der Waals surface area contributed by atoms with E-state index in [-0.39, 0.29) is 42.5 Å². The molecule has 2 saturated heterocycles. The molecule has 3 atom stereocenters. The lowest BCUT2D eigenvalue weighted by molar-refractivity contribution is -0.139. The number of halogens is 2. The van der Waals surface area contributed by atoms with Gasteiger partial charge in [-0.3, -0.25) is 19.2 Å². The minimum absolute atomic E-state index is 0.00169. The lowest BCUT2D eigenvalue weighted by Crippen LogP contribution is -2.31. The lowest BCUT2D eigenvalue weighted by Gasteiger charge is -2.19. The van der Waals surface area contributed by atoms with E-state index in [1.54, 1.807) is 43.3 Å². The number of benzene rings is 2. The van der Waals surface area contributed by atoms with Gasteiger partial charge in [0.1, 0.15) is 5.75 Å². The van der Waals surface area contributed by atoms with Gasteiger partial charge in [-0.2, -0.15) is 0 Å². The summed E-state index contributed by atoms with van der Waals surface area (Å²) in [6.07, 6.45) is 3.42. The molecule has 2 aliphatic heterocycles. The number of rotatable bonds is 4. The number of carbonyl (C=O) groups is 4. The van der Waals surface area contributed by atoms with Crippen LogP contribution in [0.15, 0.2) is 36.4 Å². The Labute approximate surface area is 212 Å². The summed E-state index contributed by atoms with van der Waals surface area (Å²) in [5.74, 6) is -1.90. The van der Waals surface area contributed by atoms with Crippen LogP contribution in [-0.4, -0.2) is 30.2 Å². The lowest BCUT2D eigenvalue weighted by atomic mass is 9.81. The molecule has 35 heavy (non-hydrogen) atoms. The predicted octanol–water partition coefficient (Wildman–Crippen LogP) is 4.94. The summed E-state index contributed by atoms with van der Waals surface area (Å²) in [7, 11) is 0. The smallest absolute Gasteiger partial charge is 0.316 e. The number of anilines is 2. The Morgan fingerprint density at radius 1 is 0.943 bits per heavy atom. The monoisotopic (exact) mass is 514 g/mol. The number of ether oxygens (including phenoxy) is 1. The third-order valence-corrected chi connectivity index (χ3v) is 7.68. The second kappa shape index (κ2) is 9.28. The number of amides is 3. The molecule has 3 fully saturated rings. The van der Waals surface area contributed by atoms with Crippen LogP contribution in [0.25, 0.3) is 0 Å². The second-order valence-corrected chi connectivity index (χ2v) is 10.2. The first-order valence-electron chi connectivity index (χ1n) is 11.7. The maximum Gasteiger partial charge on any atom is 0.316 e. The number of hydrogen-bond donors (Lipinski definition) is 0. The van der Waals surface area contributed by atoms with Crippen LogP contribution < -0.4 is 14.5 Å². The van der Waals surface area contributed by atoms with Crippen LogP contribution in [-0.2, 0) is 19.2 Å². The molecule has 0 spiro atoms. The van der Waals surface area contributed by atoms with Gasteiger partial charge in [0.05, 0.1) is 34.2 Å². The second-order valence-electron chi connectivity index (χ2n) is 9.38. The maximum atomic E-state index is 12.9. The van der Waals surface area contributed by atoms with Gasteiger partial charge in [-0.15, -0.1) is 0 Å². The van der Waals surface area contributed by atoms with Crippen LogP contribution in [0.3, 0.4) is 0 Å². The summed E-state index contributed by atoms with van der Waals surface area (Å²) in [6, 6.07) is 9.68. The summed E-state index contributed by atoms with van der Waals surface area (Å²) in [6.45, 7) is 1.91. The Bertz CT molecular complexity index is 1220. The largest absolute Gasteiger partial charge is 0.426 e. The zero-order valence-corrected chi connectivity index (χ0v) is 20.6. The molecular formula is C26H24Cl2N2O5. The van der Waals surface area contributed by atoms with Crippen LogP contribution in [0.4, 0.5) is 11.4 Å². The van der Waals surface area contributed by atoms with Crippen molar-refractivity contribution in [2.75, 3.05) is 16.3 Å². The Kier molecular flexibility index (Phi) is 6.32. The van der Waals surface area contributed by atoms with Crippen molar-refractivity contribution in [3.05, 3.63) is 52.0 Å². The summed E-state index contributed by atoms with van der Waals surface area (Å²) < 4.78 is 5.57. The van der Waals surface area contributed by atoms with Crippen molar-refractivity contribution in [1.82, 2.24) is 0 Å². The summed E-state index contributed by atoms with van der Waals surface area (Å²) >= 11 is 12.3. The van der Waals surface area contributed by atoms with Gasteiger partial charge in [0.2, 0.25) is 17.7 Å². The van der Waals surface area contributed by atoms with Crippen molar-refractivity contribution in [2.45, 2.75) is 39.0 Å². The van der Waals surface area contributed by atoms with E-state index in [9.17, 15) is 19.2 Å². The van der Waals surface area contributed by atoms with E-state index in [4.69, 9.17) is 27.9 Å². The van der Waals surface area contributed by atoms with E-state index in [0.717, 1.165) is 25.7 Å². The van der Waals surface area contributed by atoms with Crippen molar-refractivity contribution in [3.8, 4) is 5.75 Å². The first-order chi connectivity index (χ1) is 16.7. The molecule has 1 saturated carbocycles. The molecule has 1 aliphatic carbocycles. The molecule has 7 nitrogen and oxygen atoms in total. The number of hydrogen-bond acceptors (Lipinski definition) is 5. The molecular weight excluding hydrogens is 491 g/mol. The van der Waals surface area contributed by atoms with Crippen LogP contribution in [0.2, 0.25) is 10.0 Å². The number of nitrogens with zero attached hydrogens (tertiary/aromatic N) is 2. The fourth-order valence-corrected chi connectivity index (χ4v) is 5.72. The molecule has 0 unspecified atom stereocenters. The van der Waals surface area contributed by atoms with Gasteiger partial charge in [-0.1, -0.05) is 36.0 Å². The highest BCUT2D eigenvalue weighted by molar-refractivity contribution is 6.36. The Hall–Kier alpha value is -2.90.